The van der Waals surface area contributed by atoms with Crippen molar-refractivity contribution in [3.8, 4) is 5.69 Å². The predicted molar refractivity (Wildman–Crippen MR) is 117 cm³/mol. The topological polar surface area (TPSA) is 88.6 Å². The van der Waals surface area contributed by atoms with E-state index >= 15 is 0 Å². The molecule has 0 amide bonds. The van der Waals surface area contributed by atoms with Crippen molar-refractivity contribution in [1.29, 1.82) is 0 Å². The number of aromatic carboxylic acids is 1. The van der Waals surface area contributed by atoms with Crippen molar-refractivity contribution in [3.05, 3.63) is 64.3 Å². The second-order valence-electron chi connectivity index (χ2n) is 7.74. The van der Waals surface area contributed by atoms with E-state index in [1.807, 2.05) is 31.2 Å². The fraction of sp³-hybridized carbons (Fsp3) is 0.348. The molecule has 30 heavy (non-hydrogen) atoms. The Hall–Kier alpha value is -3.35. The lowest BCUT2D eigenvalue weighted by Crippen LogP contribution is -2.37. The number of carbonyl (C=O) groups is 1. The minimum Gasteiger partial charge on any atom is -0.477 e. The highest BCUT2D eigenvalue weighted by Gasteiger charge is 2.27. The summed E-state index contributed by atoms with van der Waals surface area (Å²) in [5.74, 6) is -1.07. The van der Waals surface area contributed by atoms with Gasteiger partial charge in [-0.15, -0.1) is 0 Å². The molecule has 2 aromatic carbocycles. The molecule has 0 radical (unpaired) electrons. The van der Waals surface area contributed by atoms with Gasteiger partial charge in [0, 0.05) is 24.0 Å². The molecule has 7 heteroatoms. The van der Waals surface area contributed by atoms with Crippen LogP contribution in [0.2, 0.25) is 0 Å². The zero-order valence-corrected chi connectivity index (χ0v) is 17.0. The smallest absolute Gasteiger partial charge is 0.352 e. The molecular formula is C23H25N3O4. The second kappa shape index (κ2) is 8.18. The summed E-state index contributed by atoms with van der Waals surface area (Å²) in [6, 6.07) is 14.3. The number of rotatable bonds is 6. The van der Waals surface area contributed by atoms with Crippen LogP contribution in [0.4, 0.5) is 11.4 Å². The summed E-state index contributed by atoms with van der Waals surface area (Å²) in [5.41, 5.74) is 1.87. The van der Waals surface area contributed by atoms with E-state index in [4.69, 9.17) is 0 Å². The van der Waals surface area contributed by atoms with Crippen molar-refractivity contribution in [2.24, 2.45) is 0 Å². The largest absolute Gasteiger partial charge is 0.477 e. The predicted octanol–water partition coefficient (Wildman–Crippen LogP) is 5.40. The van der Waals surface area contributed by atoms with Crippen LogP contribution in [0, 0.1) is 10.1 Å². The molecule has 4 rings (SSSR count). The zero-order valence-electron chi connectivity index (χ0n) is 17.0. The Morgan fingerprint density at radius 3 is 2.57 bits per heavy atom. The van der Waals surface area contributed by atoms with Crippen LogP contribution in [0.1, 0.15) is 49.5 Å². The number of nitro groups is 1. The van der Waals surface area contributed by atoms with E-state index in [0.717, 1.165) is 31.1 Å². The van der Waals surface area contributed by atoms with Gasteiger partial charge in [-0.3, -0.25) is 10.1 Å². The van der Waals surface area contributed by atoms with Crippen LogP contribution in [-0.4, -0.2) is 33.2 Å². The standard InChI is InChI=1S/C23H25N3O4/c1-2-24(17-9-4-3-5-10-17)20-13-12-18(15-21(20)26(29)30)25-19-11-7-6-8-16(19)14-22(25)23(27)28/h6-8,11-15,17H,2-5,9-10H2,1H3,(H,27,28). The summed E-state index contributed by atoms with van der Waals surface area (Å²) in [4.78, 5) is 25.6. The molecule has 0 bridgehead atoms. The number of nitro benzene ring substituents is 1. The first-order chi connectivity index (χ1) is 14.5. The van der Waals surface area contributed by atoms with Crippen LogP contribution in [-0.2, 0) is 0 Å². The van der Waals surface area contributed by atoms with E-state index in [2.05, 4.69) is 4.90 Å². The molecule has 0 unspecified atom stereocenters. The van der Waals surface area contributed by atoms with Gasteiger partial charge < -0.3 is 14.6 Å². The van der Waals surface area contributed by atoms with E-state index in [1.54, 1.807) is 22.8 Å². The van der Waals surface area contributed by atoms with Gasteiger partial charge in [-0.25, -0.2) is 4.79 Å². The maximum Gasteiger partial charge on any atom is 0.352 e. The number of carboxylic acid groups (broad SMARTS) is 1. The average molecular weight is 407 g/mol. The first-order valence-electron chi connectivity index (χ1n) is 10.4. The number of carboxylic acids is 1. The van der Waals surface area contributed by atoms with E-state index in [0.29, 0.717) is 29.5 Å². The van der Waals surface area contributed by atoms with Crippen LogP contribution in [0.25, 0.3) is 16.6 Å². The Labute approximate surface area is 174 Å². The first-order valence-corrected chi connectivity index (χ1v) is 10.4. The van der Waals surface area contributed by atoms with Gasteiger partial charge in [-0.2, -0.15) is 0 Å². The third-order valence-electron chi connectivity index (χ3n) is 6.01. The molecule has 1 fully saturated rings. The highest BCUT2D eigenvalue weighted by atomic mass is 16.6. The molecule has 0 spiro atoms. The Kier molecular flexibility index (Phi) is 5.44. The summed E-state index contributed by atoms with van der Waals surface area (Å²) in [5, 5.41) is 22.5. The van der Waals surface area contributed by atoms with Gasteiger partial charge in [0.05, 0.1) is 16.1 Å². The van der Waals surface area contributed by atoms with Gasteiger partial charge in [0.2, 0.25) is 0 Å². The van der Waals surface area contributed by atoms with Crippen molar-refractivity contribution in [2.45, 2.75) is 45.1 Å². The Morgan fingerprint density at radius 2 is 1.90 bits per heavy atom. The van der Waals surface area contributed by atoms with E-state index in [-0.39, 0.29) is 16.3 Å². The van der Waals surface area contributed by atoms with Crippen molar-refractivity contribution in [2.75, 3.05) is 11.4 Å². The summed E-state index contributed by atoms with van der Waals surface area (Å²) in [6.45, 7) is 2.71. The number of fused-ring (bicyclic) bond motifs is 1. The molecule has 1 saturated carbocycles. The number of hydrogen-bond acceptors (Lipinski definition) is 4. The molecule has 156 valence electrons. The fourth-order valence-electron chi connectivity index (χ4n) is 4.65. The van der Waals surface area contributed by atoms with Crippen LogP contribution < -0.4 is 4.90 Å². The second-order valence-corrected chi connectivity index (χ2v) is 7.74. The lowest BCUT2D eigenvalue weighted by Gasteiger charge is -2.35. The van der Waals surface area contributed by atoms with Gasteiger partial charge >= 0.3 is 5.97 Å². The lowest BCUT2D eigenvalue weighted by molar-refractivity contribution is -0.384. The monoisotopic (exact) mass is 407 g/mol. The van der Waals surface area contributed by atoms with Gasteiger partial charge in [-0.1, -0.05) is 37.5 Å². The summed E-state index contributed by atoms with van der Waals surface area (Å²) in [7, 11) is 0. The Balaban J connectivity index is 1.85. The minimum absolute atomic E-state index is 0.00837. The van der Waals surface area contributed by atoms with Crippen molar-refractivity contribution in [3.63, 3.8) is 0 Å². The van der Waals surface area contributed by atoms with Crippen molar-refractivity contribution >= 4 is 28.2 Å². The first kappa shape index (κ1) is 19.9. The fourth-order valence-corrected chi connectivity index (χ4v) is 4.65. The minimum atomic E-state index is -1.07. The van der Waals surface area contributed by atoms with Crippen LogP contribution in [0.15, 0.2) is 48.5 Å². The molecule has 1 aromatic heterocycles. The maximum atomic E-state index is 12.0. The number of anilines is 1. The van der Waals surface area contributed by atoms with E-state index in [1.165, 1.54) is 12.5 Å². The number of para-hydroxylation sites is 1. The van der Waals surface area contributed by atoms with Gasteiger partial charge in [0.25, 0.3) is 5.69 Å². The van der Waals surface area contributed by atoms with Crippen LogP contribution >= 0.6 is 0 Å². The normalized spacial score (nSPS) is 14.7. The third kappa shape index (κ3) is 3.51. The highest BCUT2D eigenvalue weighted by molar-refractivity contribution is 5.96. The van der Waals surface area contributed by atoms with E-state index in [9.17, 15) is 20.0 Å². The molecule has 0 atom stereocenters. The molecule has 3 aromatic rings. The molecule has 1 N–H and O–H groups in total. The quantitative estimate of drug-likeness (QED) is 0.437. The lowest BCUT2D eigenvalue weighted by atomic mass is 9.93. The molecular weight excluding hydrogens is 382 g/mol. The van der Waals surface area contributed by atoms with Crippen LogP contribution in [0.5, 0.6) is 0 Å². The zero-order chi connectivity index (χ0) is 21.3. The molecule has 0 aliphatic heterocycles. The van der Waals surface area contributed by atoms with Gasteiger partial charge in [0.15, 0.2) is 0 Å². The maximum absolute atomic E-state index is 12.0. The highest BCUT2D eigenvalue weighted by Crippen LogP contribution is 2.36. The molecule has 0 saturated heterocycles. The molecule has 1 aliphatic carbocycles. The number of benzene rings is 2. The number of nitrogens with zero attached hydrogens (tertiary/aromatic N) is 3. The van der Waals surface area contributed by atoms with Crippen molar-refractivity contribution < 1.29 is 14.8 Å². The third-order valence-corrected chi connectivity index (χ3v) is 6.01. The molecule has 1 aliphatic rings. The number of aromatic nitrogens is 1. The van der Waals surface area contributed by atoms with Crippen LogP contribution in [0.3, 0.4) is 0 Å². The SMILES string of the molecule is CCN(c1ccc(-n2c(C(=O)O)cc3ccccc32)cc1[N+](=O)[O-])C1CCCCC1. The molecule has 1 heterocycles. The summed E-state index contributed by atoms with van der Waals surface area (Å²) in [6.07, 6.45) is 5.58. The van der Waals surface area contributed by atoms with Gasteiger partial charge in [-0.05, 0) is 44.0 Å². The summed E-state index contributed by atoms with van der Waals surface area (Å²) < 4.78 is 1.57. The van der Waals surface area contributed by atoms with Crippen molar-refractivity contribution in [1.82, 2.24) is 4.57 Å². The van der Waals surface area contributed by atoms with E-state index < -0.39 is 5.97 Å². The molecule has 7 nitrogen and oxygen atoms in total. The van der Waals surface area contributed by atoms with Gasteiger partial charge in [0.1, 0.15) is 11.4 Å². The average Bonchev–Trinajstić information content (AvgIpc) is 3.15. The Bertz CT molecular complexity index is 1100. The Morgan fingerprint density at radius 1 is 1.17 bits per heavy atom. The summed E-state index contributed by atoms with van der Waals surface area (Å²) >= 11 is 0. The number of hydrogen-bond donors (Lipinski definition) is 1.